The zero-order valence-corrected chi connectivity index (χ0v) is 19.5. The average molecular weight is 431 g/mol. The van der Waals surface area contributed by atoms with Gasteiger partial charge in [0.2, 0.25) is 0 Å². The standard InChI is InChI=1S/C25H34O2S2/c1-28-16-20-10-22-14-24(12-20)26-8-6-4-3-5-7-9-27-25-13-21(17-28)11-23(15-25)19-29(2)18-22/h10-15H,3-9,16-19H2,1-2H3/q+2. The van der Waals surface area contributed by atoms with Crippen molar-refractivity contribution in [3.63, 3.8) is 0 Å². The molecule has 0 aliphatic carbocycles. The molecule has 0 fully saturated rings. The molecule has 3 aliphatic rings. The van der Waals surface area contributed by atoms with E-state index < -0.39 is 0 Å². The molecule has 0 unspecified atom stereocenters. The SMILES string of the molecule is C[S+]1Cc2cc3cc(c2)OCCCCCCCOc2cc(cc(c2)C[S+](C)C3)C1. The van der Waals surface area contributed by atoms with Crippen molar-refractivity contribution in [3.8, 4) is 11.5 Å². The topological polar surface area (TPSA) is 18.5 Å². The summed E-state index contributed by atoms with van der Waals surface area (Å²) in [4.78, 5) is 0. The molecule has 5 rings (SSSR count). The Morgan fingerprint density at radius 1 is 0.517 bits per heavy atom. The van der Waals surface area contributed by atoms with E-state index >= 15 is 0 Å². The molecule has 156 valence electrons. The van der Waals surface area contributed by atoms with Crippen molar-refractivity contribution in [2.45, 2.75) is 55.1 Å². The maximum absolute atomic E-state index is 6.20. The van der Waals surface area contributed by atoms with Crippen molar-refractivity contribution in [1.82, 2.24) is 0 Å². The summed E-state index contributed by atoms with van der Waals surface area (Å²) in [5.74, 6) is 6.67. The van der Waals surface area contributed by atoms with Gasteiger partial charge >= 0.3 is 0 Å². The van der Waals surface area contributed by atoms with Gasteiger partial charge in [-0.15, -0.1) is 0 Å². The Bertz CT molecular complexity index is 704. The van der Waals surface area contributed by atoms with Crippen molar-refractivity contribution in [2.75, 3.05) is 25.7 Å². The molecule has 0 aromatic heterocycles. The van der Waals surface area contributed by atoms with E-state index in [1.807, 2.05) is 0 Å². The molecule has 3 heterocycles. The van der Waals surface area contributed by atoms with Gasteiger partial charge in [-0.05, 0) is 71.0 Å². The first kappa shape index (κ1) is 21.0. The molecule has 2 aromatic carbocycles. The lowest BCUT2D eigenvalue weighted by atomic mass is 10.1. The van der Waals surface area contributed by atoms with Crippen LogP contribution >= 0.6 is 0 Å². The van der Waals surface area contributed by atoms with Crippen molar-refractivity contribution in [2.24, 2.45) is 0 Å². The molecular formula is C25H34O2S2+2. The van der Waals surface area contributed by atoms with Gasteiger partial charge < -0.3 is 9.47 Å². The first-order chi connectivity index (χ1) is 14.1. The number of ether oxygens (including phenoxy) is 2. The lowest BCUT2D eigenvalue weighted by Crippen LogP contribution is -2.12. The Morgan fingerprint density at radius 3 is 1.24 bits per heavy atom. The van der Waals surface area contributed by atoms with Crippen LogP contribution in [0.2, 0.25) is 0 Å². The highest BCUT2D eigenvalue weighted by atomic mass is 32.2. The van der Waals surface area contributed by atoms with Gasteiger partial charge in [0.25, 0.3) is 0 Å². The molecule has 2 nitrogen and oxygen atoms in total. The van der Waals surface area contributed by atoms with Crippen molar-refractivity contribution in [3.05, 3.63) is 58.7 Å². The molecule has 3 aliphatic heterocycles. The second-order valence-corrected chi connectivity index (χ2v) is 12.9. The fourth-order valence-electron chi connectivity index (χ4n) is 4.31. The van der Waals surface area contributed by atoms with Gasteiger partial charge in [0.05, 0.1) is 25.7 Å². The van der Waals surface area contributed by atoms with Crippen LogP contribution in [0.1, 0.15) is 54.4 Å². The van der Waals surface area contributed by atoms with E-state index in [1.54, 1.807) is 0 Å². The van der Waals surface area contributed by atoms with Gasteiger partial charge in [0.1, 0.15) is 34.5 Å². The number of benzene rings is 2. The van der Waals surface area contributed by atoms with Crippen LogP contribution in [0.5, 0.6) is 11.5 Å². The predicted molar refractivity (Wildman–Crippen MR) is 128 cm³/mol. The lowest BCUT2D eigenvalue weighted by molar-refractivity contribution is 0.293. The van der Waals surface area contributed by atoms with E-state index in [4.69, 9.17) is 9.47 Å². The van der Waals surface area contributed by atoms with Crippen molar-refractivity contribution in [1.29, 1.82) is 0 Å². The Kier molecular flexibility index (Phi) is 7.36. The summed E-state index contributed by atoms with van der Waals surface area (Å²) in [6.45, 7) is 1.67. The average Bonchev–Trinajstić information content (AvgIpc) is 2.64. The predicted octanol–water partition coefficient (Wildman–Crippen LogP) is 5.62. The zero-order chi connectivity index (χ0) is 20.1. The van der Waals surface area contributed by atoms with Gasteiger partial charge in [0, 0.05) is 22.3 Å². The molecule has 6 bridgehead atoms. The van der Waals surface area contributed by atoms with E-state index in [0.717, 1.165) is 60.6 Å². The molecule has 0 atom stereocenters. The largest absolute Gasteiger partial charge is 0.494 e. The zero-order valence-electron chi connectivity index (χ0n) is 17.9. The minimum atomic E-state index is 0.298. The fraction of sp³-hybridized carbons (Fsp3) is 0.520. The van der Waals surface area contributed by atoms with Gasteiger partial charge in [-0.3, -0.25) is 0 Å². The van der Waals surface area contributed by atoms with E-state index in [1.165, 1.54) is 41.5 Å². The van der Waals surface area contributed by atoms with Crippen LogP contribution in [-0.4, -0.2) is 25.7 Å². The number of hydrogen-bond donors (Lipinski definition) is 0. The summed E-state index contributed by atoms with van der Waals surface area (Å²) in [7, 11) is 0.595. The normalized spacial score (nSPS) is 23.2. The molecule has 0 N–H and O–H groups in total. The Hall–Kier alpha value is -1.26. The first-order valence-corrected chi connectivity index (χ1v) is 14.8. The molecule has 29 heavy (non-hydrogen) atoms. The molecule has 0 spiro atoms. The number of hydrogen-bond acceptors (Lipinski definition) is 2. The molecule has 0 radical (unpaired) electrons. The summed E-state index contributed by atoms with van der Waals surface area (Å²) in [5.41, 5.74) is 5.76. The highest BCUT2D eigenvalue weighted by Gasteiger charge is 2.21. The minimum Gasteiger partial charge on any atom is -0.494 e. The van der Waals surface area contributed by atoms with E-state index in [2.05, 4.69) is 48.9 Å². The summed E-state index contributed by atoms with van der Waals surface area (Å²) < 4.78 is 12.4. The molecule has 0 saturated heterocycles. The third-order valence-corrected chi connectivity index (χ3v) is 8.84. The van der Waals surface area contributed by atoms with Crippen LogP contribution < -0.4 is 9.47 Å². The molecule has 0 saturated carbocycles. The van der Waals surface area contributed by atoms with Crippen LogP contribution in [-0.2, 0) is 44.8 Å². The molecule has 2 aromatic rings. The minimum absolute atomic E-state index is 0.298. The summed E-state index contributed by atoms with van der Waals surface area (Å²) in [5, 5.41) is 0. The molecular weight excluding hydrogens is 396 g/mol. The van der Waals surface area contributed by atoms with Gasteiger partial charge in [-0.2, -0.15) is 0 Å². The monoisotopic (exact) mass is 430 g/mol. The maximum atomic E-state index is 6.20. The highest BCUT2D eigenvalue weighted by Crippen LogP contribution is 2.27. The van der Waals surface area contributed by atoms with Crippen LogP contribution in [0, 0.1) is 0 Å². The Morgan fingerprint density at radius 2 is 0.862 bits per heavy atom. The summed E-state index contributed by atoms with van der Waals surface area (Å²) >= 11 is 0. The Balaban J connectivity index is 1.69. The van der Waals surface area contributed by atoms with Crippen molar-refractivity contribution >= 4 is 21.8 Å². The number of rotatable bonds is 0. The molecule has 0 amide bonds. The van der Waals surface area contributed by atoms with E-state index in [9.17, 15) is 0 Å². The number of fused-ring (bicyclic) bond motifs is 12. The Labute approximate surface area is 182 Å². The maximum Gasteiger partial charge on any atom is 0.133 e. The second kappa shape index (κ2) is 10.2. The molecule has 4 heteroatoms. The third kappa shape index (κ3) is 6.36. The first-order valence-electron chi connectivity index (χ1n) is 10.8. The van der Waals surface area contributed by atoms with Gasteiger partial charge in [0.15, 0.2) is 0 Å². The smallest absolute Gasteiger partial charge is 0.133 e. The lowest BCUT2D eigenvalue weighted by Gasteiger charge is -2.15. The van der Waals surface area contributed by atoms with Crippen LogP contribution in [0.15, 0.2) is 36.4 Å². The van der Waals surface area contributed by atoms with Crippen LogP contribution in [0.3, 0.4) is 0 Å². The third-order valence-electron chi connectivity index (χ3n) is 5.53. The quantitative estimate of drug-likeness (QED) is 0.505. The van der Waals surface area contributed by atoms with Crippen LogP contribution in [0.25, 0.3) is 0 Å². The highest BCUT2D eigenvalue weighted by molar-refractivity contribution is 7.95. The fourth-order valence-corrected chi connectivity index (χ4v) is 7.46. The van der Waals surface area contributed by atoms with E-state index in [0.29, 0.717) is 21.8 Å². The van der Waals surface area contributed by atoms with Gasteiger partial charge in [-0.1, -0.05) is 19.3 Å². The van der Waals surface area contributed by atoms with Gasteiger partial charge in [-0.25, -0.2) is 0 Å². The summed E-state index contributed by atoms with van der Waals surface area (Å²) in [6.07, 6.45) is 10.8. The second-order valence-electron chi connectivity index (χ2n) is 8.58. The van der Waals surface area contributed by atoms with Crippen LogP contribution in [0.4, 0.5) is 0 Å². The summed E-state index contributed by atoms with van der Waals surface area (Å²) in [6, 6.07) is 14.0. The van der Waals surface area contributed by atoms with Crippen molar-refractivity contribution < 1.29 is 9.47 Å². The van der Waals surface area contributed by atoms with E-state index in [-0.39, 0.29) is 0 Å².